The van der Waals surface area contributed by atoms with Gasteiger partial charge in [0.05, 0.1) is 0 Å². The lowest BCUT2D eigenvalue weighted by Crippen LogP contribution is -2.12. The molecule has 0 bridgehead atoms. The van der Waals surface area contributed by atoms with Crippen molar-refractivity contribution in [3.8, 4) is 0 Å². The van der Waals surface area contributed by atoms with Crippen LogP contribution in [0.1, 0.15) is 26.0 Å². The Hall–Kier alpha value is -1.16. The van der Waals surface area contributed by atoms with E-state index in [1.54, 1.807) is 11.3 Å². The minimum Gasteiger partial charge on any atom is -0.359 e. The summed E-state index contributed by atoms with van der Waals surface area (Å²) in [6, 6.07) is 4.48. The number of hydrogen-bond donors (Lipinski definition) is 1. The number of nitrogens with zero attached hydrogens (tertiary/aromatic N) is 2. The lowest BCUT2D eigenvalue weighted by molar-refractivity contribution is 0.763. The first kappa shape index (κ1) is 10.4. The fourth-order valence-electron chi connectivity index (χ4n) is 1.28. The predicted molar refractivity (Wildman–Crippen MR) is 65.5 cm³/mol. The summed E-state index contributed by atoms with van der Waals surface area (Å²) in [5, 5.41) is 4.34. The fraction of sp³-hybridized carbons (Fsp3) is 0.455. The Morgan fingerprint density at radius 2 is 2.20 bits per heavy atom. The van der Waals surface area contributed by atoms with Gasteiger partial charge in [-0.05, 0) is 32.4 Å². The second kappa shape index (κ2) is 4.14. The third-order valence-electron chi connectivity index (χ3n) is 2.38. The highest BCUT2D eigenvalue weighted by atomic mass is 32.1. The SMILES string of the molecule is CCC(C)Nc1nc2ccc(C)nc2s1. The second-order valence-corrected chi connectivity index (χ2v) is 4.73. The van der Waals surface area contributed by atoms with Crippen molar-refractivity contribution in [2.45, 2.75) is 33.2 Å². The van der Waals surface area contributed by atoms with Crippen molar-refractivity contribution >= 4 is 26.8 Å². The van der Waals surface area contributed by atoms with Crippen LogP contribution in [0.4, 0.5) is 5.13 Å². The lowest BCUT2D eigenvalue weighted by atomic mass is 10.3. The van der Waals surface area contributed by atoms with Crippen molar-refractivity contribution in [1.29, 1.82) is 0 Å². The molecule has 4 heteroatoms. The molecule has 0 aromatic carbocycles. The van der Waals surface area contributed by atoms with Gasteiger partial charge in [-0.1, -0.05) is 18.3 Å². The summed E-state index contributed by atoms with van der Waals surface area (Å²) in [4.78, 5) is 9.95. The van der Waals surface area contributed by atoms with Crippen molar-refractivity contribution in [2.24, 2.45) is 0 Å². The molecular weight excluding hydrogens is 206 g/mol. The molecule has 1 unspecified atom stereocenters. The zero-order chi connectivity index (χ0) is 10.8. The van der Waals surface area contributed by atoms with E-state index in [2.05, 4.69) is 29.1 Å². The zero-order valence-electron chi connectivity index (χ0n) is 9.24. The van der Waals surface area contributed by atoms with E-state index in [0.717, 1.165) is 27.6 Å². The molecule has 15 heavy (non-hydrogen) atoms. The van der Waals surface area contributed by atoms with Crippen LogP contribution in [0.5, 0.6) is 0 Å². The molecule has 0 radical (unpaired) electrons. The number of thiazole rings is 1. The molecule has 2 aromatic heterocycles. The number of pyridine rings is 1. The molecule has 80 valence electrons. The van der Waals surface area contributed by atoms with Gasteiger partial charge in [0.1, 0.15) is 10.3 Å². The number of nitrogens with one attached hydrogen (secondary N) is 1. The largest absolute Gasteiger partial charge is 0.359 e. The molecular formula is C11H15N3S. The molecule has 0 fully saturated rings. The van der Waals surface area contributed by atoms with Gasteiger partial charge in [-0.2, -0.15) is 0 Å². The van der Waals surface area contributed by atoms with E-state index in [0.29, 0.717) is 6.04 Å². The van der Waals surface area contributed by atoms with Crippen molar-refractivity contribution < 1.29 is 0 Å². The number of anilines is 1. The van der Waals surface area contributed by atoms with Gasteiger partial charge < -0.3 is 5.32 Å². The molecule has 0 aliphatic heterocycles. The third kappa shape index (κ3) is 2.26. The van der Waals surface area contributed by atoms with E-state index in [1.165, 1.54) is 0 Å². The summed E-state index contributed by atoms with van der Waals surface area (Å²) in [6.07, 6.45) is 1.10. The highest BCUT2D eigenvalue weighted by Crippen LogP contribution is 2.24. The average Bonchev–Trinajstić information content (AvgIpc) is 2.59. The number of aryl methyl sites for hydroxylation is 1. The maximum Gasteiger partial charge on any atom is 0.185 e. The van der Waals surface area contributed by atoms with Crippen LogP contribution in [0.3, 0.4) is 0 Å². The Labute approximate surface area is 93.6 Å². The van der Waals surface area contributed by atoms with Crippen LogP contribution < -0.4 is 5.32 Å². The van der Waals surface area contributed by atoms with Crippen molar-refractivity contribution in [2.75, 3.05) is 5.32 Å². The van der Waals surface area contributed by atoms with E-state index < -0.39 is 0 Å². The quantitative estimate of drug-likeness (QED) is 0.864. The van der Waals surface area contributed by atoms with Crippen molar-refractivity contribution in [1.82, 2.24) is 9.97 Å². The molecule has 0 saturated heterocycles. The van der Waals surface area contributed by atoms with Gasteiger partial charge in [-0.15, -0.1) is 0 Å². The van der Waals surface area contributed by atoms with Crippen molar-refractivity contribution in [3.63, 3.8) is 0 Å². The Bertz CT molecular complexity index is 464. The molecule has 0 aliphatic rings. The monoisotopic (exact) mass is 221 g/mol. The maximum absolute atomic E-state index is 4.49. The first-order valence-electron chi connectivity index (χ1n) is 5.19. The molecule has 2 rings (SSSR count). The van der Waals surface area contributed by atoms with Gasteiger partial charge >= 0.3 is 0 Å². The smallest absolute Gasteiger partial charge is 0.185 e. The van der Waals surface area contributed by atoms with Crippen LogP contribution in [0.25, 0.3) is 10.3 Å². The van der Waals surface area contributed by atoms with Gasteiger partial charge in [0, 0.05) is 11.7 Å². The minimum atomic E-state index is 0.464. The first-order chi connectivity index (χ1) is 7.19. The van der Waals surface area contributed by atoms with E-state index >= 15 is 0 Å². The predicted octanol–water partition coefficient (Wildman–Crippen LogP) is 3.21. The number of fused-ring (bicyclic) bond motifs is 1. The summed E-state index contributed by atoms with van der Waals surface area (Å²) in [5.41, 5.74) is 2.03. The molecule has 0 amide bonds. The van der Waals surface area contributed by atoms with E-state index in [4.69, 9.17) is 0 Å². The summed E-state index contributed by atoms with van der Waals surface area (Å²) >= 11 is 1.62. The number of aromatic nitrogens is 2. The Balaban J connectivity index is 2.30. The first-order valence-corrected chi connectivity index (χ1v) is 6.01. The Morgan fingerprint density at radius 3 is 2.93 bits per heavy atom. The highest BCUT2D eigenvalue weighted by molar-refractivity contribution is 7.21. The van der Waals surface area contributed by atoms with Gasteiger partial charge in [0.2, 0.25) is 0 Å². The highest BCUT2D eigenvalue weighted by Gasteiger charge is 2.06. The van der Waals surface area contributed by atoms with Gasteiger partial charge in [0.15, 0.2) is 5.13 Å². The van der Waals surface area contributed by atoms with Gasteiger partial charge in [-0.3, -0.25) is 0 Å². The van der Waals surface area contributed by atoms with Crippen LogP contribution in [0.15, 0.2) is 12.1 Å². The van der Waals surface area contributed by atoms with E-state index in [-0.39, 0.29) is 0 Å². The second-order valence-electron chi connectivity index (χ2n) is 3.75. The zero-order valence-corrected chi connectivity index (χ0v) is 10.1. The van der Waals surface area contributed by atoms with Crippen LogP contribution in [-0.2, 0) is 0 Å². The molecule has 2 aromatic rings. The minimum absolute atomic E-state index is 0.464. The van der Waals surface area contributed by atoms with E-state index in [1.807, 2.05) is 19.1 Å². The molecule has 3 nitrogen and oxygen atoms in total. The third-order valence-corrected chi connectivity index (χ3v) is 3.27. The maximum atomic E-state index is 4.49. The topological polar surface area (TPSA) is 37.8 Å². The van der Waals surface area contributed by atoms with Crippen LogP contribution in [0, 0.1) is 6.92 Å². The lowest BCUT2D eigenvalue weighted by Gasteiger charge is -2.08. The number of rotatable bonds is 3. The number of hydrogen-bond acceptors (Lipinski definition) is 4. The van der Waals surface area contributed by atoms with E-state index in [9.17, 15) is 0 Å². The summed E-state index contributed by atoms with van der Waals surface area (Å²) < 4.78 is 0. The molecule has 1 N–H and O–H groups in total. The molecule has 1 atom stereocenters. The standard InChI is InChI=1S/C11H15N3S/c1-4-7(2)13-11-14-9-6-5-8(3)12-10(9)15-11/h5-7H,4H2,1-3H3,(H,13,14). The average molecular weight is 221 g/mol. The molecule has 0 aliphatic carbocycles. The van der Waals surface area contributed by atoms with Crippen molar-refractivity contribution in [3.05, 3.63) is 17.8 Å². The Kier molecular flexibility index (Phi) is 2.86. The molecule has 2 heterocycles. The van der Waals surface area contributed by atoms with Crippen LogP contribution in [0.2, 0.25) is 0 Å². The Morgan fingerprint density at radius 1 is 1.40 bits per heavy atom. The summed E-state index contributed by atoms with van der Waals surface area (Å²) in [5.74, 6) is 0. The fourth-order valence-corrected chi connectivity index (χ4v) is 2.28. The van der Waals surface area contributed by atoms with Crippen LogP contribution in [-0.4, -0.2) is 16.0 Å². The van der Waals surface area contributed by atoms with Gasteiger partial charge in [-0.25, -0.2) is 9.97 Å². The summed E-state index contributed by atoms with van der Waals surface area (Å²) in [7, 11) is 0. The van der Waals surface area contributed by atoms with Gasteiger partial charge in [0.25, 0.3) is 0 Å². The molecule has 0 saturated carbocycles. The normalized spacial score (nSPS) is 13.0. The molecule has 0 spiro atoms. The summed E-state index contributed by atoms with van der Waals surface area (Å²) in [6.45, 7) is 6.32. The van der Waals surface area contributed by atoms with Crippen LogP contribution >= 0.6 is 11.3 Å².